The molecule has 33 heavy (non-hydrogen) atoms. The van der Waals surface area contributed by atoms with Gasteiger partial charge in [-0.2, -0.15) is 0 Å². The molecule has 4 aromatic carbocycles. The lowest BCUT2D eigenvalue weighted by atomic mass is 10.0. The van der Waals surface area contributed by atoms with E-state index in [0.717, 1.165) is 5.56 Å². The van der Waals surface area contributed by atoms with Gasteiger partial charge in [0.1, 0.15) is 23.9 Å². The largest absolute Gasteiger partial charge is 0.494 e. The van der Waals surface area contributed by atoms with Gasteiger partial charge in [-0.05, 0) is 49.2 Å². The maximum atomic E-state index is 14.7. The quantitative estimate of drug-likeness (QED) is 0.288. The van der Waals surface area contributed by atoms with E-state index in [1.54, 1.807) is 54.6 Å². The molecule has 0 amide bonds. The Labute approximate surface area is 191 Å². The minimum absolute atomic E-state index is 0.116. The highest BCUT2D eigenvalue weighted by atomic mass is 19.2. The summed E-state index contributed by atoms with van der Waals surface area (Å²) >= 11 is 0. The average Bonchev–Trinajstić information content (AvgIpc) is 2.82. The Morgan fingerprint density at radius 1 is 0.636 bits per heavy atom. The Morgan fingerprint density at radius 2 is 1.24 bits per heavy atom. The molecule has 5 heteroatoms. The van der Waals surface area contributed by atoms with Crippen molar-refractivity contribution < 1.29 is 22.6 Å². The van der Waals surface area contributed by atoms with Crippen LogP contribution in [-0.4, -0.2) is 6.61 Å². The normalized spacial score (nSPS) is 10.8. The van der Waals surface area contributed by atoms with Gasteiger partial charge in [-0.15, -0.1) is 0 Å². The molecule has 168 valence electrons. The summed E-state index contributed by atoms with van der Waals surface area (Å²) in [5, 5.41) is 0. The predicted octanol–water partition coefficient (Wildman–Crippen LogP) is 7.72. The second kappa shape index (κ2) is 9.82. The summed E-state index contributed by atoms with van der Waals surface area (Å²) < 4.78 is 54.6. The van der Waals surface area contributed by atoms with Gasteiger partial charge >= 0.3 is 0 Å². The van der Waals surface area contributed by atoms with Crippen LogP contribution in [0.4, 0.5) is 13.2 Å². The molecule has 0 unspecified atom stereocenters. The van der Waals surface area contributed by atoms with Crippen LogP contribution in [0.3, 0.4) is 0 Å². The zero-order valence-corrected chi connectivity index (χ0v) is 18.4. The highest BCUT2D eigenvalue weighted by Crippen LogP contribution is 2.30. The first-order valence-electron chi connectivity index (χ1n) is 10.7. The Balaban J connectivity index is 1.46. The highest BCUT2D eigenvalue weighted by Gasteiger charge is 2.15. The minimum atomic E-state index is -0.929. The molecule has 0 aliphatic carbocycles. The van der Waals surface area contributed by atoms with Crippen molar-refractivity contribution >= 4 is 0 Å². The molecule has 0 aliphatic heterocycles. The van der Waals surface area contributed by atoms with Crippen molar-refractivity contribution in [2.24, 2.45) is 0 Å². The van der Waals surface area contributed by atoms with Crippen molar-refractivity contribution in [3.05, 3.63) is 107 Å². The average molecular weight is 448 g/mol. The van der Waals surface area contributed by atoms with E-state index in [9.17, 15) is 13.2 Å². The lowest BCUT2D eigenvalue weighted by Gasteiger charge is -2.11. The maximum Gasteiger partial charge on any atom is 0.167 e. The van der Waals surface area contributed by atoms with E-state index in [1.807, 2.05) is 26.0 Å². The molecule has 0 fully saturated rings. The van der Waals surface area contributed by atoms with E-state index in [1.165, 1.54) is 12.1 Å². The summed E-state index contributed by atoms with van der Waals surface area (Å²) in [7, 11) is 0. The van der Waals surface area contributed by atoms with Crippen molar-refractivity contribution in [1.82, 2.24) is 0 Å². The van der Waals surface area contributed by atoms with Crippen molar-refractivity contribution in [3.8, 4) is 33.8 Å². The van der Waals surface area contributed by atoms with Gasteiger partial charge in [0.15, 0.2) is 11.6 Å². The van der Waals surface area contributed by atoms with Crippen LogP contribution >= 0.6 is 0 Å². The van der Waals surface area contributed by atoms with Crippen LogP contribution in [0, 0.1) is 24.4 Å². The zero-order valence-electron chi connectivity index (χ0n) is 18.4. The molecule has 0 heterocycles. The monoisotopic (exact) mass is 448 g/mol. The summed E-state index contributed by atoms with van der Waals surface area (Å²) in [6, 6.07) is 21.8. The van der Waals surface area contributed by atoms with E-state index in [2.05, 4.69) is 0 Å². The predicted molar refractivity (Wildman–Crippen MR) is 124 cm³/mol. The third kappa shape index (κ3) is 5.03. The number of halogens is 3. The van der Waals surface area contributed by atoms with Crippen LogP contribution in [0.5, 0.6) is 11.5 Å². The molecule has 0 aliphatic rings. The van der Waals surface area contributed by atoms with Gasteiger partial charge in [0.2, 0.25) is 0 Å². The smallest absolute Gasteiger partial charge is 0.167 e. The van der Waals surface area contributed by atoms with Crippen LogP contribution < -0.4 is 9.47 Å². The third-order valence-electron chi connectivity index (χ3n) is 5.34. The fourth-order valence-corrected chi connectivity index (χ4v) is 3.54. The van der Waals surface area contributed by atoms with Gasteiger partial charge in [-0.25, -0.2) is 13.2 Å². The van der Waals surface area contributed by atoms with Gasteiger partial charge in [-0.1, -0.05) is 54.1 Å². The molecular formula is C28H23F3O2. The Morgan fingerprint density at radius 3 is 1.91 bits per heavy atom. The van der Waals surface area contributed by atoms with Crippen LogP contribution in [-0.2, 0) is 6.61 Å². The number of hydrogen-bond acceptors (Lipinski definition) is 2. The first-order valence-corrected chi connectivity index (χ1v) is 10.7. The first-order chi connectivity index (χ1) is 16.0. The lowest BCUT2D eigenvalue weighted by Crippen LogP contribution is -2.02. The fourth-order valence-electron chi connectivity index (χ4n) is 3.54. The molecule has 0 radical (unpaired) electrons. The number of rotatable bonds is 7. The van der Waals surface area contributed by atoms with Crippen LogP contribution in [0.15, 0.2) is 78.9 Å². The minimum Gasteiger partial charge on any atom is -0.494 e. The molecule has 0 saturated carbocycles. The number of ether oxygens (including phenoxy) is 2. The molecule has 0 aromatic heterocycles. The van der Waals surface area contributed by atoms with Crippen molar-refractivity contribution in [2.45, 2.75) is 20.5 Å². The SMILES string of the molecule is CCOc1ccc(-c2ccc(OCc3ccc(-c4ccc(C)cc4)c(F)c3F)cc2)c(F)c1. The second-order valence-corrected chi connectivity index (χ2v) is 7.65. The number of benzene rings is 4. The molecule has 2 nitrogen and oxygen atoms in total. The maximum absolute atomic E-state index is 14.7. The van der Waals surface area contributed by atoms with Gasteiger partial charge in [0.25, 0.3) is 0 Å². The molecule has 0 bridgehead atoms. The third-order valence-corrected chi connectivity index (χ3v) is 5.34. The van der Waals surface area contributed by atoms with Crippen molar-refractivity contribution in [3.63, 3.8) is 0 Å². The topological polar surface area (TPSA) is 18.5 Å². The second-order valence-electron chi connectivity index (χ2n) is 7.65. The summed E-state index contributed by atoms with van der Waals surface area (Å²) in [6.45, 7) is 4.10. The Kier molecular flexibility index (Phi) is 6.68. The van der Waals surface area contributed by atoms with Gasteiger partial charge in [0.05, 0.1) is 6.61 Å². The Bertz CT molecular complexity index is 1250. The molecular weight excluding hydrogens is 425 g/mol. The number of aryl methyl sites for hydroxylation is 1. The van der Waals surface area contributed by atoms with Crippen LogP contribution in [0.1, 0.15) is 18.1 Å². The fraction of sp³-hybridized carbons (Fsp3) is 0.143. The van der Waals surface area contributed by atoms with E-state index in [0.29, 0.717) is 34.8 Å². The van der Waals surface area contributed by atoms with Gasteiger partial charge in [-0.3, -0.25) is 0 Å². The Hall–Kier alpha value is -3.73. The summed E-state index contributed by atoms with van der Waals surface area (Å²) in [5.74, 6) is -1.28. The molecule has 0 spiro atoms. The molecule has 0 atom stereocenters. The van der Waals surface area contributed by atoms with Crippen molar-refractivity contribution in [2.75, 3.05) is 6.61 Å². The van der Waals surface area contributed by atoms with Gasteiger partial charge in [0, 0.05) is 22.8 Å². The van der Waals surface area contributed by atoms with E-state index >= 15 is 0 Å². The van der Waals surface area contributed by atoms with E-state index in [-0.39, 0.29) is 23.6 Å². The van der Waals surface area contributed by atoms with Crippen molar-refractivity contribution in [1.29, 1.82) is 0 Å². The zero-order chi connectivity index (χ0) is 23.4. The van der Waals surface area contributed by atoms with Crippen LogP contribution in [0.25, 0.3) is 22.3 Å². The molecule has 0 saturated heterocycles. The molecule has 4 aromatic rings. The summed E-state index contributed by atoms with van der Waals surface area (Å²) in [6.07, 6.45) is 0. The number of hydrogen-bond donors (Lipinski definition) is 0. The lowest BCUT2D eigenvalue weighted by molar-refractivity contribution is 0.297. The highest BCUT2D eigenvalue weighted by molar-refractivity contribution is 5.66. The first kappa shape index (κ1) is 22.5. The standard InChI is InChI=1S/C28H23F3O2/c1-3-32-23-13-15-24(26(29)16-23)19-8-11-22(12-9-19)33-17-21-10-14-25(28(31)27(21)30)20-6-4-18(2)5-7-20/h4-16H,3,17H2,1-2H3. The van der Waals surface area contributed by atoms with Crippen LogP contribution in [0.2, 0.25) is 0 Å². The molecule has 4 rings (SSSR count). The van der Waals surface area contributed by atoms with E-state index < -0.39 is 11.6 Å². The summed E-state index contributed by atoms with van der Waals surface area (Å²) in [4.78, 5) is 0. The summed E-state index contributed by atoms with van der Waals surface area (Å²) in [5.41, 5.74) is 3.08. The van der Waals surface area contributed by atoms with E-state index in [4.69, 9.17) is 9.47 Å². The molecule has 0 N–H and O–H groups in total. The van der Waals surface area contributed by atoms with Gasteiger partial charge < -0.3 is 9.47 Å².